The molecule has 0 aliphatic carbocycles. The summed E-state index contributed by atoms with van der Waals surface area (Å²) >= 11 is 3.33. The number of sulfonamides is 1. The third-order valence-corrected chi connectivity index (χ3v) is 3.28. The Bertz CT molecular complexity index is 431. The maximum atomic E-state index is 11.0. The minimum Gasteiger partial charge on any atom is -0.375 e. The van der Waals surface area contributed by atoms with Gasteiger partial charge in [-0.2, -0.15) is 0 Å². The maximum absolute atomic E-state index is 11.0. The monoisotopic (exact) mass is 323 g/mol. The molecule has 1 unspecified atom stereocenters. The van der Waals surface area contributed by atoms with Crippen molar-refractivity contribution >= 4 is 26.0 Å². The fraction of sp³-hybridized carbons (Fsp3) is 0.455. The first kappa shape index (κ1) is 16.6. The molecule has 1 aromatic rings. The summed E-state index contributed by atoms with van der Waals surface area (Å²) in [5, 5.41) is 0. The van der Waals surface area contributed by atoms with Gasteiger partial charge in [0.15, 0.2) is 0 Å². The summed E-state index contributed by atoms with van der Waals surface area (Å²) in [7, 11) is -1.63. The molecule has 0 bridgehead atoms. The van der Waals surface area contributed by atoms with Crippen molar-refractivity contribution in [3.05, 3.63) is 34.3 Å². The molecule has 0 aromatic heterocycles. The number of methoxy groups -OCH3 is 1. The van der Waals surface area contributed by atoms with Crippen molar-refractivity contribution in [3.8, 4) is 0 Å². The van der Waals surface area contributed by atoms with Gasteiger partial charge in [0.05, 0.1) is 12.4 Å². The van der Waals surface area contributed by atoms with E-state index in [9.17, 15) is 8.42 Å². The molecule has 0 amide bonds. The fourth-order valence-electron chi connectivity index (χ4n) is 1.24. The molecular weight excluding hydrogens is 306 g/mol. The van der Waals surface area contributed by atoms with Gasteiger partial charge in [-0.05, 0) is 17.7 Å². The Hall–Kier alpha value is -0.430. The van der Waals surface area contributed by atoms with Crippen molar-refractivity contribution in [1.29, 1.82) is 0 Å². The second-order valence-corrected chi connectivity index (χ2v) is 6.15. The van der Waals surface area contributed by atoms with Gasteiger partial charge < -0.3 is 4.74 Å². The summed E-state index contributed by atoms with van der Waals surface area (Å²) in [5.74, 6) is 0. The van der Waals surface area contributed by atoms with Gasteiger partial charge in [0.1, 0.15) is 0 Å². The van der Waals surface area contributed by atoms with E-state index >= 15 is 0 Å². The predicted molar refractivity (Wildman–Crippen MR) is 73.5 cm³/mol. The van der Waals surface area contributed by atoms with E-state index in [1.165, 1.54) is 0 Å². The Morgan fingerprint density at radius 1 is 1.35 bits per heavy atom. The zero-order valence-electron chi connectivity index (χ0n) is 9.10. The summed E-state index contributed by atoms with van der Waals surface area (Å²) in [4.78, 5) is 0. The number of benzene rings is 1. The van der Waals surface area contributed by atoms with Crippen LogP contribution in [0.1, 0.15) is 19.1 Å². The predicted octanol–water partition coefficient (Wildman–Crippen LogP) is 2.32. The topological polar surface area (TPSA) is 55.4 Å². The van der Waals surface area contributed by atoms with Crippen LogP contribution in [0.15, 0.2) is 28.7 Å². The summed E-state index contributed by atoms with van der Waals surface area (Å²) in [5.41, 5.74) is 0.932. The van der Waals surface area contributed by atoms with E-state index < -0.39 is 10.0 Å². The van der Waals surface area contributed by atoms with Gasteiger partial charge in [-0.3, -0.25) is 0 Å². The third-order valence-electron chi connectivity index (χ3n) is 2.06. The van der Waals surface area contributed by atoms with E-state index in [0.29, 0.717) is 0 Å². The zero-order chi connectivity index (χ0) is 12.2. The van der Waals surface area contributed by atoms with Gasteiger partial charge in [0.2, 0.25) is 10.0 Å². The molecule has 0 saturated carbocycles. The molecule has 1 aromatic carbocycles. The van der Waals surface area contributed by atoms with Crippen LogP contribution in [-0.4, -0.2) is 28.3 Å². The standard InChI is InChI=1S/C10H14BrNO3S.CH4/c1-15-10(7-12-16(2,13)14)8-3-5-9(11)6-4-8;/h3-6,10,12H,7H2,1-2H3;1H4. The van der Waals surface area contributed by atoms with Gasteiger partial charge in [-0.15, -0.1) is 0 Å². The first-order valence-electron chi connectivity index (χ1n) is 4.65. The van der Waals surface area contributed by atoms with Crippen molar-refractivity contribution in [2.24, 2.45) is 0 Å². The number of rotatable bonds is 5. The maximum Gasteiger partial charge on any atom is 0.208 e. The Labute approximate surface area is 112 Å². The number of ether oxygens (including phenoxy) is 1. The summed E-state index contributed by atoms with van der Waals surface area (Å²) in [6.07, 6.45) is 0.851. The molecule has 1 atom stereocenters. The molecule has 0 heterocycles. The molecule has 98 valence electrons. The number of nitrogens with one attached hydrogen (secondary N) is 1. The Balaban J connectivity index is 0.00000256. The molecule has 4 nitrogen and oxygen atoms in total. The number of hydrogen-bond acceptors (Lipinski definition) is 3. The molecule has 0 aliphatic rings. The van der Waals surface area contributed by atoms with Crippen LogP contribution < -0.4 is 4.72 Å². The SMILES string of the molecule is C.COC(CNS(C)(=O)=O)c1ccc(Br)cc1. The molecule has 0 radical (unpaired) electrons. The van der Waals surface area contributed by atoms with Crippen molar-refractivity contribution in [2.75, 3.05) is 19.9 Å². The van der Waals surface area contributed by atoms with Gasteiger partial charge in [0.25, 0.3) is 0 Å². The zero-order valence-corrected chi connectivity index (χ0v) is 11.5. The molecule has 17 heavy (non-hydrogen) atoms. The average Bonchev–Trinajstić information content (AvgIpc) is 2.20. The molecule has 6 heteroatoms. The fourth-order valence-corrected chi connectivity index (χ4v) is 1.96. The van der Waals surface area contributed by atoms with E-state index in [-0.39, 0.29) is 20.1 Å². The van der Waals surface area contributed by atoms with Crippen LogP contribution in [-0.2, 0) is 14.8 Å². The Morgan fingerprint density at radius 3 is 2.29 bits per heavy atom. The average molecular weight is 324 g/mol. The van der Waals surface area contributed by atoms with Crippen molar-refractivity contribution < 1.29 is 13.2 Å². The van der Waals surface area contributed by atoms with Crippen molar-refractivity contribution in [1.82, 2.24) is 4.72 Å². The second-order valence-electron chi connectivity index (χ2n) is 3.40. The van der Waals surface area contributed by atoms with Crippen LogP contribution >= 0.6 is 15.9 Å². The van der Waals surface area contributed by atoms with Crippen molar-refractivity contribution in [2.45, 2.75) is 13.5 Å². The van der Waals surface area contributed by atoms with Crippen LogP contribution in [0, 0.1) is 0 Å². The van der Waals surface area contributed by atoms with Gasteiger partial charge in [0, 0.05) is 18.1 Å². The lowest BCUT2D eigenvalue weighted by Gasteiger charge is -2.15. The lowest BCUT2D eigenvalue weighted by molar-refractivity contribution is 0.107. The summed E-state index contributed by atoms with van der Waals surface area (Å²) in [6.45, 7) is 0.233. The summed E-state index contributed by atoms with van der Waals surface area (Å²) in [6, 6.07) is 7.56. The molecule has 0 fully saturated rings. The van der Waals surface area contributed by atoms with Crippen LogP contribution in [0.4, 0.5) is 0 Å². The van der Waals surface area contributed by atoms with Gasteiger partial charge >= 0.3 is 0 Å². The smallest absolute Gasteiger partial charge is 0.208 e. The van der Waals surface area contributed by atoms with Crippen LogP contribution in [0.3, 0.4) is 0 Å². The normalized spacial score (nSPS) is 12.9. The van der Waals surface area contributed by atoms with Crippen molar-refractivity contribution in [3.63, 3.8) is 0 Å². The quantitative estimate of drug-likeness (QED) is 0.904. The van der Waals surface area contributed by atoms with Gasteiger partial charge in [-0.1, -0.05) is 35.5 Å². The molecule has 0 spiro atoms. The lowest BCUT2D eigenvalue weighted by Crippen LogP contribution is -2.28. The highest BCUT2D eigenvalue weighted by atomic mass is 79.9. The molecule has 0 saturated heterocycles. The first-order valence-corrected chi connectivity index (χ1v) is 7.33. The van der Waals surface area contributed by atoms with E-state index in [1.54, 1.807) is 7.11 Å². The third kappa shape index (κ3) is 6.16. The molecule has 1 rings (SSSR count). The molecular formula is C11H18BrNO3S. The minimum absolute atomic E-state index is 0. The van der Waals surface area contributed by atoms with Gasteiger partial charge in [-0.25, -0.2) is 13.1 Å². The van der Waals surface area contributed by atoms with Crippen LogP contribution in [0.25, 0.3) is 0 Å². The minimum atomic E-state index is -3.18. The summed E-state index contributed by atoms with van der Waals surface area (Å²) < 4.78 is 30.6. The number of hydrogen-bond donors (Lipinski definition) is 1. The largest absolute Gasteiger partial charge is 0.375 e. The first-order chi connectivity index (χ1) is 7.42. The Morgan fingerprint density at radius 2 is 1.88 bits per heavy atom. The van der Waals surface area contributed by atoms with E-state index in [4.69, 9.17) is 4.74 Å². The number of halogens is 1. The van der Waals surface area contributed by atoms with E-state index in [1.807, 2.05) is 24.3 Å². The lowest BCUT2D eigenvalue weighted by atomic mass is 10.1. The Kier molecular flexibility index (Phi) is 6.92. The molecule has 0 aliphatic heterocycles. The second kappa shape index (κ2) is 7.10. The highest BCUT2D eigenvalue weighted by molar-refractivity contribution is 9.10. The van der Waals surface area contributed by atoms with E-state index in [0.717, 1.165) is 16.3 Å². The van der Waals surface area contributed by atoms with Crippen LogP contribution in [0.2, 0.25) is 0 Å². The van der Waals surface area contributed by atoms with Crippen LogP contribution in [0.5, 0.6) is 0 Å². The highest BCUT2D eigenvalue weighted by Crippen LogP contribution is 2.18. The highest BCUT2D eigenvalue weighted by Gasteiger charge is 2.12. The molecule has 1 N–H and O–H groups in total. The van der Waals surface area contributed by atoms with E-state index in [2.05, 4.69) is 20.7 Å².